The van der Waals surface area contributed by atoms with Crippen molar-refractivity contribution in [3.05, 3.63) is 76.1 Å². The van der Waals surface area contributed by atoms with Crippen molar-refractivity contribution in [2.24, 2.45) is 5.73 Å². The Kier molecular flexibility index (Phi) is 6.81. The molecule has 184 valence electrons. The number of fused-ring (bicyclic) bond motifs is 1. The lowest BCUT2D eigenvalue weighted by atomic mass is 9.95. The Bertz CT molecular complexity index is 1250. The molecule has 2 amide bonds. The van der Waals surface area contributed by atoms with Gasteiger partial charge in [-0.25, -0.2) is 0 Å². The maximum Gasteiger partial charge on any atom is 0.435 e. The van der Waals surface area contributed by atoms with Gasteiger partial charge in [-0.05, 0) is 69.0 Å². The van der Waals surface area contributed by atoms with Crippen LogP contribution in [-0.4, -0.2) is 28.2 Å². The normalized spacial score (nSPS) is 13.3. The highest BCUT2D eigenvalue weighted by Gasteiger charge is 2.39. The Labute approximate surface area is 200 Å². The highest BCUT2D eigenvalue weighted by Crippen LogP contribution is 2.35. The molecular formula is C25H25F3N4O3. The molecule has 7 nitrogen and oxygen atoms in total. The molecule has 0 radical (unpaired) electrons. The molecular weight excluding hydrogens is 461 g/mol. The smallest absolute Gasteiger partial charge is 0.435 e. The van der Waals surface area contributed by atoms with Crippen molar-refractivity contribution in [1.29, 1.82) is 0 Å². The van der Waals surface area contributed by atoms with Gasteiger partial charge in [-0.3, -0.25) is 14.3 Å². The predicted octanol–water partition coefficient (Wildman–Crippen LogP) is 4.52. The van der Waals surface area contributed by atoms with Crippen molar-refractivity contribution < 1.29 is 27.5 Å². The number of anilines is 1. The van der Waals surface area contributed by atoms with Crippen LogP contribution in [0, 0.1) is 6.92 Å². The summed E-state index contributed by atoms with van der Waals surface area (Å²) in [5.41, 5.74) is 7.23. The lowest BCUT2D eigenvalue weighted by Gasteiger charge is -2.15. The van der Waals surface area contributed by atoms with Gasteiger partial charge in [0, 0.05) is 16.8 Å². The van der Waals surface area contributed by atoms with Crippen LogP contribution in [0.5, 0.6) is 5.75 Å². The standard InChI is InChI=1S/C25H25F3N4O3/c1-15-6-11-20(19(14-15)23(29)33)30-24(34)16-7-9-17(10-8-16)35-13-12-32-21-5-3-2-4-18(21)22(31-32)25(26,27)28/h6-11,14H,2-5,12-13H2,1H3,(H2,29,33)(H,30,34). The number of hydrogen-bond donors (Lipinski definition) is 2. The topological polar surface area (TPSA) is 99.2 Å². The summed E-state index contributed by atoms with van der Waals surface area (Å²) in [6.07, 6.45) is -1.95. The zero-order chi connectivity index (χ0) is 25.2. The molecule has 0 spiro atoms. The van der Waals surface area contributed by atoms with Gasteiger partial charge in [0.05, 0.1) is 17.8 Å². The fourth-order valence-corrected chi connectivity index (χ4v) is 4.20. The number of hydrogen-bond acceptors (Lipinski definition) is 4. The molecule has 0 saturated carbocycles. The molecule has 2 aromatic carbocycles. The van der Waals surface area contributed by atoms with E-state index in [-0.39, 0.29) is 18.7 Å². The molecule has 0 atom stereocenters. The van der Waals surface area contributed by atoms with Crippen molar-refractivity contribution in [2.45, 2.75) is 45.3 Å². The minimum atomic E-state index is -4.47. The monoisotopic (exact) mass is 486 g/mol. The van der Waals surface area contributed by atoms with Gasteiger partial charge < -0.3 is 15.8 Å². The van der Waals surface area contributed by atoms with E-state index in [4.69, 9.17) is 10.5 Å². The van der Waals surface area contributed by atoms with Crippen LogP contribution in [0.2, 0.25) is 0 Å². The summed E-state index contributed by atoms with van der Waals surface area (Å²) >= 11 is 0. The number of amides is 2. The summed E-state index contributed by atoms with van der Waals surface area (Å²) in [7, 11) is 0. The van der Waals surface area contributed by atoms with Gasteiger partial charge >= 0.3 is 6.18 Å². The molecule has 3 aromatic rings. The lowest BCUT2D eigenvalue weighted by molar-refractivity contribution is -0.142. The number of nitrogens with two attached hydrogens (primary N) is 1. The Morgan fingerprint density at radius 3 is 2.51 bits per heavy atom. The molecule has 10 heteroatoms. The fourth-order valence-electron chi connectivity index (χ4n) is 4.20. The average Bonchev–Trinajstić information content (AvgIpc) is 3.20. The summed E-state index contributed by atoms with van der Waals surface area (Å²) < 4.78 is 47.1. The highest BCUT2D eigenvalue weighted by molar-refractivity contribution is 6.08. The third-order valence-corrected chi connectivity index (χ3v) is 5.90. The number of ether oxygens (including phenoxy) is 1. The SMILES string of the molecule is Cc1ccc(NC(=O)c2ccc(OCCn3nc(C(F)(F)F)c4c3CCCC4)cc2)c(C(N)=O)c1. The van der Waals surface area contributed by atoms with Gasteiger partial charge in [0.15, 0.2) is 5.69 Å². The van der Waals surface area contributed by atoms with Gasteiger partial charge in [-0.1, -0.05) is 11.6 Å². The second-order valence-electron chi connectivity index (χ2n) is 8.44. The van der Waals surface area contributed by atoms with E-state index in [9.17, 15) is 22.8 Å². The number of carbonyl (C=O) groups is 2. The lowest BCUT2D eigenvalue weighted by Crippen LogP contribution is -2.18. The van der Waals surface area contributed by atoms with E-state index in [2.05, 4.69) is 10.4 Å². The summed E-state index contributed by atoms with van der Waals surface area (Å²) in [5.74, 6) is -0.605. The number of nitrogens with one attached hydrogen (secondary N) is 1. The number of aryl methyl sites for hydroxylation is 1. The van der Waals surface area contributed by atoms with Crippen molar-refractivity contribution in [3.63, 3.8) is 0 Å². The Morgan fingerprint density at radius 1 is 1.11 bits per heavy atom. The predicted molar refractivity (Wildman–Crippen MR) is 123 cm³/mol. The van der Waals surface area contributed by atoms with Crippen LogP contribution in [0.1, 0.15) is 56.1 Å². The zero-order valence-corrected chi connectivity index (χ0v) is 19.1. The number of nitrogens with zero attached hydrogens (tertiary/aromatic N) is 2. The maximum atomic E-state index is 13.3. The maximum absolute atomic E-state index is 13.3. The van der Waals surface area contributed by atoms with Crippen LogP contribution in [-0.2, 0) is 25.6 Å². The second kappa shape index (κ2) is 9.81. The number of halogens is 3. The first-order valence-electron chi connectivity index (χ1n) is 11.2. The van der Waals surface area contributed by atoms with Crippen molar-refractivity contribution in [2.75, 3.05) is 11.9 Å². The second-order valence-corrected chi connectivity index (χ2v) is 8.44. The number of primary amides is 1. The Hall–Kier alpha value is -3.82. The van der Waals surface area contributed by atoms with Gasteiger partial charge in [0.1, 0.15) is 12.4 Å². The number of rotatable bonds is 7. The third-order valence-electron chi connectivity index (χ3n) is 5.90. The number of benzene rings is 2. The van der Waals surface area contributed by atoms with Crippen molar-refractivity contribution >= 4 is 17.5 Å². The molecule has 1 aliphatic rings. The Morgan fingerprint density at radius 2 is 1.83 bits per heavy atom. The van der Waals surface area contributed by atoms with E-state index < -0.39 is 23.7 Å². The molecule has 0 bridgehead atoms. The van der Waals surface area contributed by atoms with E-state index in [0.29, 0.717) is 41.1 Å². The molecule has 0 unspecified atom stereocenters. The van der Waals surface area contributed by atoms with Crippen LogP contribution in [0.25, 0.3) is 0 Å². The minimum Gasteiger partial charge on any atom is -0.492 e. The first-order valence-corrected chi connectivity index (χ1v) is 11.2. The van der Waals surface area contributed by atoms with Gasteiger partial charge in [0.2, 0.25) is 0 Å². The molecule has 1 heterocycles. The fraction of sp³-hybridized carbons (Fsp3) is 0.320. The van der Waals surface area contributed by atoms with Gasteiger partial charge in [0.25, 0.3) is 11.8 Å². The highest BCUT2D eigenvalue weighted by atomic mass is 19.4. The van der Waals surface area contributed by atoms with Crippen LogP contribution in [0.4, 0.5) is 18.9 Å². The van der Waals surface area contributed by atoms with Gasteiger partial charge in [-0.15, -0.1) is 0 Å². The van der Waals surface area contributed by atoms with E-state index in [0.717, 1.165) is 18.4 Å². The average molecular weight is 486 g/mol. The molecule has 35 heavy (non-hydrogen) atoms. The molecule has 3 N–H and O–H groups in total. The Balaban J connectivity index is 1.38. The van der Waals surface area contributed by atoms with E-state index in [1.54, 1.807) is 42.5 Å². The van der Waals surface area contributed by atoms with Crippen LogP contribution >= 0.6 is 0 Å². The molecule has 4 rings (SSSR count). The van der Waals surface area contributed by atoms with Crippen molar-refractivity contribution in [3.8, 4) is 5.75 Å². The number of alkyl halides is 3. The summed E-state index contributed by atoms with van der Waals surface area (Å²) in [6.45, 7) is 2.12. The minimum absolute atomic E-state index is 0.127. The van der Waals surface area contributed by atoms with Crippen LogP contribution in [0.3, 0.4) is 0 Å². The van der Waals surface area contributed by atoms with Gasteiger partial charge in [-0.2, -0.15) is 18.3 Å². The van der Waals surface area contributed by atoms with Crippen LogP contribution in [0.15, 0.2) is 42.5 Å². The summed E-state index contributed by atoms with van der Waals surface area (Å²) in [6, 6.07) is 11.3. The quantitative estimate of drug-likeness (QED) is 0.513. The molecule has 1 aromatic heterocycles. The largest absolute Gasteiger partial charge is 0.492 e. The molecule has 1 aliphatic carbocycles. The number of aromatic nitrogens is 2. The first-order chi connectivity index (χ1) is 16.6. The van der Waals surface area contributed by atoms with E-state index in [1.807, 2.05) is 6.92 Å². The zero-order valence-electron chi connectivity index (χ0n) is 19.1. The molecule has 0 aliphatic heterocycles. The van der Waals surface area contributed by atoms with Crippen LogP contribution < -0.4 is 15.8 Å². The van der Waals surface area contributed by atoms with E-state index >= 15 is 0 Å². The summed E-state index contributed by atoms with van der Waals surface area (Å²) in [4.78, 5) is 24.3. The molecule has 0 saturated heterocycles. The molecule has 0 fully saturated rings. The first kappa shape index (κ1) is 24.3. The number of carbonyl (C=O) groups excluding carboxylic acids is 2. The third kappa shape index (κ3) is 5.47. The van der Waals surface area contributed by atoms with Crippen molar-refractivity contribution in [1.82, 2.24) is 9.78 Å². The summed E-state index contributed by atoms with van der Waals surface area (Å²) in [5, 5.41) is 6.50. The van der Waals surface area contributed by atoms with E-state index in [1.165, 1.54) is 4.68 Å².